The molecule has 0 fully saturated rings. The van der Waals surface area contributed by atoms with Gasteiger partial charge in [0.25, 0.3) is 23.3 Å². The maximum atomic E-state index is 13.9. The molecule has 0 atom stereocenters. The van der Waals surface area contributed by atoms with Crippen LogP contribution in [-0.4, -0.2) is 122 Å². The van der Waals surface area contributed by atoms with Gasteiger partial charge in [-0.15, -0.1) is 0 Å². The summed E-state index contributed by atoms with van der Waals surface area (Å²) in [6.07, 6.45) is 4.73. The second-order valence-electron chi connectivity index (χ2n) is 20.6. The summed E-state index contributed by atoms with van der Waals surface area (Å²) < 4.78 is 24.0. The number of hydrogen-bond acceptors (Lipinski definition) is 13. The molecule has 17 nitrogen and oxygen atoms in total. The molecule has 0 saturated heterocycles. The summed E-state index contributed by atoms with van der Waals surface area (Å²) in [5, 5.41) is 8.31. The number of benzene rings is 3. The Balaban J connectivity index is 0.000000143. The van der Waals surface area contributed by atoms with Crippen LogP contribution in [0.1, 0.15) is 101 Å². The summed E-state index contributed by atoms with van der Waals surface area (Å²) in [6.45, 7) is 17.3. The third-order valence-electron chi connectivity index (χ3n) is 15.5. The number of aromatic amines is 1. The van der Waals surface area contributed by atoms with E-state index in [0.29, 0.717) is 105 Å². The number of rotatable bonds is 11. The van der Waals surface area contributed by atoms with E-state index in [0.717, 1.165) is 124 Å². The number of ether oxygens (including phenoxy) is 3. The first kappa shape index (κ1) is 57.3. The van der Waals surface area contributed by atoms with Crippen LogP contribution in [-0.2, 0) is 32.4 Å². The minimum atomic E-state index is -0.260. The highest BCUT2D eigenvalue weighted by Gasteiger charge is 2.38. The van der Waals surface area contributed by atoms with Crippen molar-refractivity contribution in [3.8, 4) is 28.5 Å². The number of nitrogens with one attached hydrogen (secondary N) is 2. The van der Waals surface area contributed by atoms with Crippen molar-refractivity contribution in [3.05, 3.63) is 132 Å². The molecule has 6 aromatic rings. The molecule has 9 heterocycles. The van der Waals surface area contributed by atoms with Crippen LogP contribution in [0.5, 0.6) is 17.4 Å². The molecule has 3 amide bonds. The number of methoxy groups -OCH3 is 2. The number of aryl methyl sites for hydroxylation is 4. The van der Waals surface area contributed by atoms with Crippen LogP contribution in [0.25, 0.3) is 11.1 Å². The van der Waals surface area contributed by atoms with Gasteiger partial charge in [0, 0.05) is 96.4 Å². The van der Waals surface area contributed by atoms with E-state index in [1.807, 2.05) is 43.9 Å². The first-order chi connectivity index (χ1) is 38.4. The molecular formula is C58H62Br2Cl3N9O8. The van der Waals surface area contributed by atoms with Crippen molar-refractivity contribution >= 4 is 101 Å². The van der Waals surface area contributed by atoms with Crippen molar-refractivity contribution < 1.29 is 33.1 Å². The predicted molar refractivity (Wildman–Crippen MR) is 319 cm³/mol. The van der Waals surface area contributed by atoms with E-state index in [4.69, 9.17) is 53.5 Å². The molecular weight excluding hydrogens is 1220 g/mol. The summed E-state index contributed by atoms with van der Waals surface area (Å²) in [5.41, 5.74) is 12.8. The summed E-state index contributed by atoms with van der Waals surface area (Å²) in [7, 11) is 3.16. The second kappa shape index (κ2) is 23.8. The van der Waals surface area contributed by atoms with Crippen molar-refractivity contribution in [1.82, 2.24) is 30.2 Å². The molecule has 0 unspecified atom stereocenters. The summed E-state index contributed by atoms with van der Waals surface area (Å²) >= 11 is 26.7. The molecule has 6 aliphatic heterocycles. The maximum absolute atomic E-state index is 13.9. The quantitative estimate of drug-likeness (QED) is 0.117. The third kappa shape index (κ3) is 10.8. The van der Waals surface area contributed by atoms with Gasteiger partial charge in [0.05, 0.1) is 99.6 Å². The average Bonchev–Trinajstić information content (AvgIpc) is 4.34. The minimum absolute atomic E-state index is 0.0630. The Morgan fingerprint density at radius 3 is 1.76 bits per heavy atom. The van der Waals surface area contributed by atoms with Gasteiger partial charge in [-0.25, -0.2) is 4.98 Å². The van der Waals surface area contributed by atoms with Crippen LogP contribution in [0.15, 0.2) is 48.6 Å². The summed E-state index contributed by atoms with van der Waals surface area (Å²) in [4.78, 5) is 69.8. The number of halogens is 5. The van der Waals surface area contributed by atoms with Gasteiger partial charge in [-0.3, -0.25) is 19.2 Å². The lowest BCUT2D eigenvalue weighted by Crippen LogP contribution is -2.36. The Morgan fingerprint density at radius 2 is 1.19 bits per heavy atom. The molecule has 0 saturated carbocycles. The fourth-order valence-corrected chi connectivity index (χ4v) is 13.3. The molecule has 12 rings (SSSR count). The number of unbranched alkanes of at least 4 members (excludes halogenated alkanes) is 1. The Labute approximate surface area is 496 Å². The maximum Gasteiger partial charge on any atom is 0.257 e. The smallest absolute Gasteiger partial charge is 0.257 e. The molecule has 22 heteroatoms. The summed E-state index contributed by atoms with van der Waals surface area (Å²) in [5.74, 6) is 2.00. The van der Waals surface area contributed by atoms with Gasteiger partial charge in [0.15, 0.2) is 0 Å². The fraction of sp³-hybridized carbons (Fsp3) is 0.414. The Hall–Kier alpha value is -5.99. The van der Waals surface area contributed by atoms with E-state index in [1.54, 1.807) is 25.0 Å². The first-order valence-electron chi connectivity index (χ1n) is 26.8. The Morgan fingerprint density at radius 1 is 0.650 bits per heavy atom. The second-order valence-corrected chi connectivity index (χ2v) is 23.5. The van der Waals surface area contributed by atoms with Crippen LogP contribution >= 0.6 is 66.7 Å². The number of hydrogen-bond donors (Lipinski definition) is 2. The lowest BCUT2D eigenvalue weighted by atomic mass is 9.96. The van der Waals surface area contributed by atoms with Crippen molar-refractivity contribution in [2.24, 2.45) is 0 Å². The lowest BCUT2D eigenvalue weighted by Gasteiger charge is -2.24. The molecule has 0 aliphatic carbocycles. The largest absolute Gasteiger partial charge is 0.496 e. The molecule has 3 aromatic carbocycles. The van der Waals surface area contributed by atoms with E-state index in [2.05, 4.69) is 80.0 Å². The SMILES string of the molecule is CCCCOc1nc(C)cc(OC)c1CN1CCN2CCc3cc(Br)c(Cl)c(c32)C1=O.COc1cc(C)[nH]c(=O)c1CN1CCN2CCc3cc(-c4c(C)noc4C)c(Cl)c(c32)C1=O.O=C1NCCN2CCc3cc(Br)c(Cl)c1c32. The van der Waals surface area contributed by atoms with Crippen molar-refractivity contribution in [2.45, 2.75) is 79.8 Å². The number of carbonyl (C=O) groups excluding carboxylic acids is 3. The van der Waals surface area contributed by atoms with Gasteiger partial charge < -0.3 is 53.5 Å². The number of pyridine rings is 2. The highest BCUT2D eigenvalue weighted by molar-refractivity contribution is 9.10. The third-order valence-corrected chi connectivity index (χ3v) is 18.4. The van der Waals surface area contributed by atoms with Gasteiger partial charge in [-0.05, 0) is 126 Å². The van der Waals surface area contributed by atoms with E-state index in [1.165, 1.54) is 18.2 Å². The van der Waals surface area contributed by atoms with Crippen LogP contribution < -0.4 is 39.8 Å². The van der Waals surface area contributed by atoms with Gasteiger partial charge in [0.1, 0.15) is 17.3 Å². The van der Waals surface area contributed by atoms with Crippen molar-refractivity contribution in [1.29, 1.82) is 0 Å². The zero-order valence-corrected chi connectivity index (χ0v) is 51.1. The molecule has 0 bridgehead atoms. The van der Waals surface area contributed by atoms with Crippen LogP contribution in [0.2, 0.25) is 15.1 Å². The normalized spacial score (nSPS) is 15.8. The zero-order chi connectivity index (χ0) is 56.8. The highest BCUT2D eigenvalue weighted by Crippen LogP contribution is 2.47. The van der Waals surface area contributed by atoms with Crippen LogP contribution in [0.3, 0.4) is 0 Å². The predicted octanol–water partition coefficient (Wildman–Crippen LogP) is 10.9. The molecule has 6 aliphatic rings. The zero-order valence-electron chi connectivity index (χ0n) is 45.7. The molecule has 0 spiro atoms. The summed E-state index contributed by atoms with van der Waals surface area (Å²) in [6, 6.07) is 9.78. The number of amides is 3. The van der Waals surface area contributed by atoms with Crippen LogP contribution in [0, 0.1) is 27.7 Å². The molecule has 0 radical (unpaired) electrons. The van der Waals surface area contributed by atoms with Crippen LogP contribution in [0.4, 0.5) is 17.1 Å². The first-order valence-corrected chi connectivity index (χ1v) is 29.5. The van der Waals surface area contributed by atoms with Gasteiger partial charge >= 0.3 is 0 Å². The number of anilines is 3. The van der Waals surface area contributed by atoms with Gasteiger partial charge in [-0.2, -0.15) is 0 Å². The number of nitrogens with zero attached hydrogens (tertiary/aromatic N) is 7. The molecule has 2 N–H and O–H groups in total. The topological polar surface area (TPSA) is 179 Å². The molecule has 422 valence electrons. The van der Waals surface area contributed by atoms with Gasteiger partial charge in [-0.1, -0.05) is 53.3 Å². The highest BCUT2D eigenvalue weighted by atomic mass is 79.9. The number of carbonyl (C=O) groups is 3. The number of aromatic nitrogens is 3. The van der Waals surface area contributed by atoms with Gasteiger partial charge in [0.2, 0.25) is 5.88 Å². The van der Waals surface area contributed by atoms with E-state index in [9.17, 15) is 19.2 Å². The lowest BCUT2D eigenvalue weighted by molar-refractivity contribution is 0.0744. The fourth-order valence-electron chi connectivity index (χ4n) is 11.6. The van der Waals surface area contributed by atoms with E-state index < -0.39 is 0 Å². The molecule has 3 aromatic heterocycles. The van der Waals surface area contributed by atoms with E-state index in [-0.39, 0.29) is 29.8 Å². The molecule has 80 heavy (non-hydrogen) atoms. The van der Waals surface area contributed by atoms with E-state index >= 15 is 0 Å². The Kier molecular flexibility index (Phi) is 17.1. The Bertz CT molecular complexity index is 3520. The standard InChI is InChI=1S/C24H25ClN4O4.C23H27BrClN3O3.C11H10BrClN2O/c1-12-9-18(32-4)17(23(30)26-12)11-29-8-7-28-6-5-15-10-16(19-13(2)27-33-14(19)3)21(25)20(22(15)28)24(29)31;1-4-5-10-31-22-16(18(30-3)11-14(2)26-22)13-28-9-8-27-7-6-15-12-17(24)20(25)19(21(15)27)23(28)29;12-7-5-6-1-3-15-4-2-14-11(16)8(9(7)13)10(6)15/h9-10H,5-8,11H2,1-4H3,(H,26,30);11-12H,4-10,13H2,1-3H3;5H,1-4H2,(H,14,16). The van der Waals surface area contributed by atoms with Crippen molar-refractivity contribution in [2.75, 3.05) is 94.4 Å². The number of H-pyrrole nitrogens is 1. The minimum Gasteiger partial charge on any atom is -0.496 e. The average molecular weight is 1280 g/mol. The monoisotopic (exact) mass is 1280 g/mol. The van der Waals surface area contributed by atoms with Crippen molar-refractivity contribution in [3.63, 3.8) is 0 Å².